The van der Waals surface area contributed by atoms with Crippen molar-refractivity contribution in [2.45, 2.75) is 0 Å². The molecule has 0 unspecified atom stereocenters. The Morgan fingerprint density at radius 2 is 1.92 bits per heavy atom. The van der Waals surface area contributed by atoms with Crippen LogP contribution in [0.3, 0.4) is 0 Å². The minimum absolute atomic E-state index is 0.203. The van der Waals surface area contributed by atoms with Crippen molar-refractivity contribution in [2.24, 2.45) is 0 Å². The van der Waals surface area contributed by atoms with Crippen molar-refractivity contribution in [2.75, 3.05) is 0 Å². The number of nitrogens with zero attached hydrogens (tertiary/aromatic N) is 3. The normalized spacial score (nSPS) is 11.1. The zero-order valence-corrected chi connectivity index (χ0v) is 14.4. The standard InChI is InChI=1S/C17H9Cl2N3OS/c18-11-5-6-14(19)13(7-11)15-9-24-17(21-15)22-16(23)12-4-2-1-3-10(12)8-20-22/h1-9H. The summed E-state index contributed by atoms with van der Waals surface area (Å²) in [6.07, 6.45) is 1.66. The van der Waals surface area contributed by atoms with E-state index < -0.39 is 0 Å². The van der Waals surface area contributed by atoms with Crippen LogP contribution in [-0.2, 0) is 0 Å². The van der Waals surface area contributed by atoms with Gasteiger partial charge >= 0.3 is 0 Å². The Morgan fingerprint density at radius 1 is 1.08 bits per heavy atom. The van der Waals surface area contributed by atoms with Gasteiger partial charge in [-0.25, -0.2) is 4.98 Å². The van der Waals surface area contributed by atoms with E-state index in [4.69, 9.17) is 23.2 Å². The summed E-state index contributed by atoms with van der Waals surface area (Å²) in [6, 6.07) is 12.5. The van der Waals surface area contributed by atoms with E-state index in [1.54, 1.807) is 30.5 Å². The molecule has 2 aromatic heterocycles. The molecule has 0 spiro atoms. The molecule has 0 aliphatic carbocycles. The molecule has 0 saturated heterocycles. The Balaban J connectivity index is 1.85. The second-order valence-electron chi connectivity index (χ2n) is 5.09. The van der Waals surface area contributed by atoms with Gasteiger partial charge in [0.15, 0.2) is 0 Å². The summed E-state index contributed by atoms with van der Waals surface area (Å²) in [5.41, 5.74) is 1.18. The second-order valence-corrected chi connectivity index (χ2v) is 6.77. The fourth-order valence-corrected chi connectivity index (χ4v) is 3.57. The topological polar surface area (TPSA) is 47.8 Å². The summed E-state index contributed by atoms with van der Waals surface area (Å²) in [6.45, 7) is 0. The predicted molar refractivity (Wildman–Crippen MR) is 98.5 cm³/mol. The maximum atomic E-state index is 12.6. The van der Waals surface area contributed by atoms with Crippen LogP contribution in [-0.4, -0.2) is 14.8 Å². The van der Waals surface area contributed by atoms with Gasteiger partial charge in [-0.2, -0.15) is 9.78 Å². The Kier molecular flexibility index (Phi) is 3.84. The molecule has 0 aliphatic heterocycles. The van der Waals surface area contributed by atoms with Crippen LogP contribution in [0, 0.1) is 0 Å². The molecule has 0 radical (unpaired) electrons. The highest BCUT2D eigenvalue weighted by Gasteiger charge is 2.13. The Bertz CT molecular complexity index is 1120. The number of hydrogen-bond acceptors (Lipinski definition) is 4. The number of rotatable bonds is 2. The van der Waals surface area contributed by atoms with Crippen LogP contribution in [0.1, 0.15) is 0 Å². The first kappa shape index (κ1) is 15.3. The highest BCUT2D eigenvalue weighted by atomic mass is 35.5. The average Bonchev–Trinajstić information content (AvgIpc) is 3.07. The molecule has 4 aromatic rings. The van der Waals surface area contributed by atoms with Crippen LogP contribution in [0.2, 0.25) is 10.0 Å². The third-order valence-electron chi connectivity index (χ3n) is 3.57. The molecule has 0 amide bonds. The van der Waals surface area contributed by atoms with Crippen molar-refractivity contribution < 1.29 is 0 Å². The molecule has 0 bridgehead atoms. The van der Waals surface area contributed by atoms with Gasteiger partial charge in [-0.1, -0.05) is 41.4 Å². The van der Waals surface area contributed by atoms with Crippen molar-refractivity contribution in [3.8, 4) is 16.4 Å². The Labute approximate surface area is 150 Å². The first-order valence-electron chi connectivity index (χ1n) is 7.02. The number of benzene rings is 2. The van der Waals surface area contributed by atoms with E-state index in [1.807, 2.05) is 23.6 Å². The van der Waals surface area contributed by atoms with Crippen LogP contribution in [0.5, 0.6) is 0 Å². The van der Waals surface area contributed by atoms with Gasteiger partial charge in [-0.05, 0) is 24.3 Å². The third-order valence-corrected chi connectivity index (χ3v) is 4.95. The summed E-state index contributed by atoms with van der Waals surface area (Å²) in [4.78, 5) is 17.1. The molecule has 118 valence electrons. The molecule has 4 rings (SSSR count). The summed E-state index contributed by atoms with van der Waals surface area (Å²) in [5, 5.41) is 9.06. The van der Waals surface area contributed by atoms with E-state index in [0.29, 0.717) is 26.3 Å². The number of thiazole rings is 1. The fourth-order valence-electron chi connectivity index (χ4n) is 2.41. The maximum Gasteiger partial charge on any atom is 0.281 e. The van der Waals surface area contributed by atoms with Crippen LogP contribution in [0.4, 0.5) is 0 Å². The van der Waals surface area contributed by atoms with Gasteiger partial charge in [0.1, 0.15) is 0 Å². The molecule has 0 fully saturated rings. The van der Waals surface area contributed by atoms with Crippen molar-refractivity contribution in [3.05, 3.63) is 74.4 Å². The lowest BCUT2D eigenvalue weighted by atomic mass is 10.2. The van der Waals surface area contributed by atoms with E-state index in [9.17, 15) is 4.79 Å². The van der Waals surface area contributed by atoms with E-state index in [2.05, 4.69) is 10.1 Å². The third kappa shape index (κ3) is 2.60. The van der Waals surface area contributed by atoms with Gasteiger partial charge in [0.25, 0.3) is 5.56 Å². The van der Waals surface area contributed by atoms with Crippen LogP contribution in [0.25, 0.3) is 27.2 Å². The number of hydrogen-bond donors (Lipinski definition) is 0. The lowest BCUT2D eigenvalue weighted by molar-refractivity contribution is 0.813. The van der Waals surface area contributed by atoms with Gasteiger partial charge in [0.2, 0.25) is 5.13 Å². The lowest BCUT2D eigenvalue weighted by Crippen LogP contribution is -2.20. The first-order valence-corrected chi connectivity index (χ1v) is 8.65. The van der Waals surface area contributed by atoms with Crippen LogP contribution < -0.4 is 5.56 Å². The molecule has 4 nitrogen and oxygen atoms in total. The number of aromatic nitrogens is 3. The summed E-state index contributed by atoms with van der Waals surface area (Å²) in [7, 11) is 0. The smallest absolute Gasteiger partial charge is 0.267 e. The molecular formula is C17H9Cl2N3OS. The van der Waals surface area contributed by atoms with Gasteiger partial charge in [-0.15, -0.1) is 11.3 Å². The minimum atomic E-state index is -0.203. The predicted octanol–water partition coefficient (Wildman–Crippen LogP) is 4.82. The maximum absolute atomic E-state index is 12.6. The molecular weight excluding hydrogens is 365 g/mol. The Hall–Kier alpha value is -2.21. The zero-order valence-electron chi connectivity index (χ0n) is 12.1. The zero-order chi connectivity index (χ0) is 16.7. The highest BCUT2D eigenvalue weighted by Crippen LogP contribution is 2.31. The summed E-state index contributed by atoms with van der Waals surface area (Å²) in [5.74, 6) is 0. The van der Waals surface area contributed by atoms with Crippen molar-refractivity contribution in [1.82, 2.24) is 14.8 Å². The molecule has 2 heterocycles. The molecule has 0 aliphatic rings. The molecule has 7 heteroatoms. The molecule has 2 aromatic carbocycles. The van der Waals surface area contributed by atoms with E-state index in [1.165, 1.54) is 16.0 Å². The molecule has 0 saturated carbocycles. The summed E-state index contributed by atoms with van der Waals surface area (Å²) >= 11 is 13.6. The van der Waals surface area contributed by atoms with Crippen molar-refractivity contribution in [1.29, 1.82) is 0 Å². The van der Waals surface area contributed by atoms with Gasteiger partial charge in [-0.3, -0.25) is 4.79 Å². The molecule has 24 heavy (non-hydrogen) atoms. The Morgan fingerprint density at radius 3 is 2.79 bits per heavy atom. The number of halogens is 2. The van der Waals surface area contributed by atoms with E-state index >= 15 is 0 Å². The largest absolute Gasteiger partial charge is 0.281 e. The van der Waals surface area contributed by atoms with Crippen LogP contribution >= 0.6 is 34.5 Å². The average molecular weight is 374 g/mol. The van der Waals surface area contributed by atoms with Gasteiger partial charge in [0.05, 0.1) is 22.3 Å². The fraction of sp³-hybridized carbons (Fsp3) is 0. The lowest BCUT2D eigenvalue weighted by Gasteiger charge is -2.03. The summed E-state index contributed by atoms with van der Waals surface area (Å²) < 4.78 is 1.30. The molecule has 0 atom stereocenters. The quantitative estimate of drug-likeness (QED) is 0.506. The SMILES string of the molecule is O=c1c2ccccc2cnn1-c1nc(-c2cc(Cl)ccc2Cl)cs1. The van der Waals surface area contributed by atoms with Crippen molar-refractivity contribution >= 4 is 45.3 Å². The van der Waals surface area contributed by atoms with Gasteiger partial charge in [0, 0.05) is 21.4 Å². The molecule has 0 N–H and O–H groups in total. The van der Waals surface area contributed by atoms with E-state index in [-0.39, 0.29) is 5.56 Å². The number of fused-ring (bicyclic) bond motifs is 1. The van der Waals surface area contributed by atoms with E-state index in [0.717, 1.165) is 10.9 Å². The first-order chi connectivity index (χ1) is 11.6. The second kappa shape index (κ2) is 6.02. The minimum Gasteiger partial charge on any atom is -0.267 e. The van der Waals surface area contributed by atoms with Crippen LogP contribution in [0.15, 0.2) is 58.8 Å². The highest BCUT2D eigenvalue weighted by molar-refractivity contribution is 7.12. The van der Waals surface area contributed by atoms with Gasteiger partial charge < -0.3 is 0 Å². The monoisotopic (exact) mass is 373 g/mol. The van der Waals surface area contributed by atoms with Crippen molar-refractivity contribution in [3.63, 3.8) is 0 Å².